The Balaban J connectivity index is 1.90. The van der Waals surface area contributed by atoms with E-state index in [0.29, 0.717) is 26.6 Å². The molecule has 3 rings (SSSR count). The molecule has 0 aliphatic rings. The maximum absolute atomic E-state index is 13.0. The highest BCUT2D eigenvalue weighted by atomic mass is 35.5. The van der Waals surface area contributed by atoms with E-state index in [4.69, 9.17) is 23.2 Å². The molecule has 1 aromatic heterocycles. The second-order valence-corrected chi connectivity index (χ2v) is 8.78. The Bertz CT molecular complexity index is 1230. The lowest BCUT2D eigenvalue weighted by Gasteiger charge is -2.18. The van der Waals surface area contributed by atoms with Crippen molar-refractivity contribution >= 4 is 29.1 Å². The first-order valence-corrected chi connectivity index (χ1v) is 11.5. The third-order valence-electron chi connectivity index (χ3n) is 5.22. The predicted octanol–water partition coefficient (Wildman–Crippen LogP) is 4.60. The minimum Gasteiger partial charge on any atom is -0.382 e. The molecule has 2 unspecified atom stereocenters. The molecule has 7 nitrogen and oxygen atoms in total. The van der Waals surface area contributed by atoms with Gasteiger partial charge in [-0.1, -0.05) is 48.7 Å². The second-order valence-electron chi connectivity index (χ2n) is 7.90. The topological polar surface area (TPSA) is 89.2 Å². The largest absolute Gasteiger partial charge is 0.416 e. The van der Waals surface area contributed by atoms with Crippen molar-refractivity contribution in [1.82, 2.24) is 19.7 Å². The van der Waals surface area contributed by atoms with Crippen molar-refractivity contribution in [2.75, 3.05) is 0 Å². The number of hydrogen-bond donors (Lipinski definition) is 2. The third-order valence-corrected chi connectivity index (χ3v) is 5.70. The molecule has 0 fully saturated rings. The van der Waals surface area contributed by atoms with E-state index in [9.17, 15) is 27.9 Å². The van der Waals surface area contributed by atoms with E-state index in [-0.39, 0.29) is 11.9 Å². The van der Waals surface area contributed by atoms with Crippen molar-refractivity contribution in [3.8, 4) is 11.4 Å². The highest BCUT2D eigenvalue weighted by Gasteiger charge is 2.39. The van der Waals surface area contributed by atoms with E-state index in [1.165, 1.54) is 24.3 Å². The number of benzene rings is 2. The van der Waals surface area contributed by atoms with Crippen LogP contribution in [0.5, 0.6) is 0 Å². The van der Waals surface area contributed by atoms with Gasteiger partial charge in [0.15, 0.2) is 11.9 Å². The molecule has 2 N–H and O–H groups in total. The van der Waals surface area contributed by atoms with Crippen LogP contribution in [0.25, 0.3) is 11.4 Å². The summed E-state index contributed by atoms with van der Waals surface area (Å²) < 4.78 is 40.4. The van der Waals surface area contributed by atoms with Crippen LogP contribution in [0.1, 0.15) is 31.4 Å². The number of amides is 1. The molecular weight excluding hydrogens is 508 g/mol. The molecule has 1 heterocycles. The van der Waals surface area contributed by atoms with E-state index in [2.05, 4.69) is 10.4 Å². The number of halogens is 5. The predicted molar refractivity (Wildman–Crippen MR) is 126 cm³/mol. The Labute approximate surface area is 209 Å². The Morgan fingerprint density at radius 1 is 1.14 bits per heavy atom. The maximum Gasteiger partial charge on any atom is 0.416 e. The van der Waals surface area contributed by atoms with Crippen LogP contribution >= 0.6 is 23.2 Å². The summed E-state index contributed by atoms with van der Waals surface area (Å²) in [6, 6.07) is 12.5. The summed E-state index contributed by atoms with van der Waals surface area (Å²) in [5.74, 6) is -0.697. The maximum atomic E-state index is 13.0. The fourth-order valence-corrected chi connectivity index (χ4v) is 3.83. The number of nitrogens with zero attached hydrogens (tertiary/aromatic N) is 3. The van der Waals surface area contributed by atoms with Gasteiger partial charge in [-0.25, -0.2) is 9.48 Å². The zero-order valence-corrected chi connectivity index (χ0v) is 20.1. The average molecular weight is 531 g/mol. The van der Waals surface area contributed by atoms with Gasteiger partial charge in [0.05, 0.1) is 12.6 Å². The standard InChI is InChI=1S/C23H23Cl2F3N4O3/c1-2-4-18(15-5-3-6-17(25)11-15)29-20(34)13-32-22(35)31(12-19(33)23(26,27)28)21(30-32)14-7-9-16(24)10-8-14/h3,5-11,18-19,33H,2,4,12-13H2,1H3,(H,29,34). The van der Waals surface area contributed by atoms with Crippen LogP contribution in [-0.4, -0.2) is 37.6 Å². The zero-order chi connectivity index (χ0) is 25.8. The fraction of sp³-hybridized carbons (Fsp3) is 0.348. The SMILES string of the molecule is CCCC(NC(=O)Cn1nc(-c2ccc(Cl)cc2)n(CC(O)C(F)(F)F)c1=O)c1cccc(Cl)c1. The summed E-state index contributed by atoms with van der Waals surface area (Å²) in [6.45, 7) is 0.332. The van der Waals surface area contributed by atoms with E-state index >= 15 is 0 Å². The number of aliphatic hydroxyl groups excluding tert-OH is 1. The minimum absolute atomic E-state index is 0.136. The van der Waals surface area contributed by atoms with Gasteiger partial charge in [0.25, 0.3) is 0 Å². The van der Waals surface area contributed by atoms with E-state index in [0.717, 1.165) is 16.7 Å². The Morgan fingerprint density at radius 3 is 2.43 bits per heavy atom. The molecule has 12 heteroatoms. The summed E-state index contributed by atoms with van der Waals surface area (Å²) in [7, 11) is 0. The van der Waals surface area contributed by atoms with Gasteiger partial charge in [0.2, 0.25) is 5.91 Å². The highest BCUT2D eigenvalue weighted by Crippen LogP contribution is 2.24. The first-order chi connectivity index (χ1) is 16.5. The van der Waals surface area contributed by atoms with Gasteiger partial charge in [-0.2, -0.15) is 13.2 Å². The van der Waals surface area contributed by atoms with Gasteiger partial charge < -0.3 is 10.4 Å². The normalized spacial score (nSPS) is 13.5. The first-order valence-electron chi connectivity index (χ1n) is 10.7. The third kappa shape index (κ3) is 6.87. The molecule has 1 amide bonds. The number of nitrogens with one attached hydrogen (secondary N) is 1. The molecule has 0 aliphatic heterocycles. The summed E-state index contributed by atoms with van der Waals surface area (Å²) in [5.41, 5.74) is 0.103. The van der Waals surface area contributed by atoms with Crippen molar-refractivity contribution in [1.29, 1.82) is 0 Å². The Kier molecular flexibility index (Phi) is 8.63. The monoisotopic (exact) mass is 530 g/mol. The van der Waals surface area contributed by atoms with Crippen LogP contribution in [0.4, 0.5) is 13.2 Å². The molecular formula is C23H23Cl2F3N4O3. The zero-order valence-electron chi connectivity index (χ0n) is 18.6. The van der Waals surface area contributed by atoms with Crippen LogP contribution < -0.4 is 11.0 Å². The lowest BCUT2D eigenvalue weighted by molar-refractivity contribution is -0.207. The number of rotatable bonds is 9. The molecule has 0 aliphatic carbocycles. The number of aliphatic hydroxyl groups is 1. The van der Waals surface area contributed by atoms with Crippen molar-refractivity contribution < 1.29 is 23.1 Å². The van der Waals surface area contributed by atoms with Crippen LogP contribution in [0, 0.1) is 0 Å². The van der Waals surface area contributed by atoms with Crippen molar-refractivity contribution in [2.24, 2.45) is 0 Å². The lowest BCUT2D eigenvalue weighted by Crippen LogP contribution is -2.39. The van der Waals surface area contributed by atoms with Gasteiger partial charge in [-0.05, 0) is 48.4 Å². The molecule has 3 aromatic rings. The molecule has 0 saturated carbocycles. The number of aromatic nitrogens is 3. The Morgan fingerprint density at radius 2 is 1.83 bits per heavy atom. The minimum atomic E-state index is -4.94. The number of alkyl halides is 3. The van der Waals surface area contributed by atoms with Gasteiger partial charge in [0.1, 0.15) is 6.54 Å². The smallest absolute Gasteiger partial charge is 0.382 e. The highest BCUT2D eigenvalue weighted by molar-refractivity contribution is 6.30. The first kappa shape index (κ1) is 26.8. The summed E-state index contributed by atoms with van der Waals surface area (Å²) in [4.78, 5) is 25.7. The van der Waals surface area contributed by atoms with Gasteiger partial charge in [-0.15, -0.1) is 5.10 Å². The molecule has 0 spiro atoms. The average Bonchev–Trinajstić information content (AvgIpc) is 3.08. The van der Waals surface area contributed by atoms with Crippen LogP contribution in [0.3, 0.4) is 0 Å². The van der Waals surface area contributed by atoms with Gasteiger partial charge in [0, 0.05) is 15.6 Å². The van der Waals surface area contributed by atoms with E-state index < -0.39 is 37.0 Å². The quantitative estimate of drug-likeness (QED) is 0.423. The van der Waals surface area contributed by atoms with Gasteiger partial charge in [-0.3, -0.25) is 9.36 Å². The van der Waals surface area contributed by atoms with Gasteiger partial charge >= 0.3 is 11.9 Å². The lowest BCUT2D eigenvalue weighted by atomic mass is 10.0. The molecule has 35 heavy (non-hydrogen) atoms. The van der Waals surface area contributed by atoms with Crippen LogP contribution in [0.15, 0.2) is 53.3 Å². The fourth-order valence-electron chi connectivity index (χ4n) is 3.51. The molecule has 0 bridgehead atoms. The van der Waals surface area contributed by atoms with Crippen molar-refractivity contribution in [2.45, 2.75) is 51.2 Å². The second kappa shape index (κ2) is 11.3. The molecule has 2 aromatic carbocycles. The number of hydrogen-bond acceptors (Lipinski definition) is 4. The van der Waals surface area contributed by atoms with Crippen LogP contribution in [-0.2, 0) is 17.9 Å². The summed E-state index contributed by atoms with van der Waals surface area (Å²) in [6.07, 6.45) is -6.39. The van der Waals surface area contributed by atoms with Crippen molar-refractivity contribution in [3.05, 3.63) is 74.6 Å². The van der Waals surface area contributed by atoms with E-state index in [1.54, 1.807) is 18.2 Å². The summed E-state index contributed by atoms with van der Waals surface area (Å²) >= 11 is 11.9. The number of carbonyl (C=O) groups excluding carboxylic acids is 1. The molecule has 0 saturated heterocycles. The molecule has 2 atom stereocenters. The summed E-state index contributed by atoms with van der Waals surface area (Å²) in [5, 5.41) is 17.4. The molecule has 0 radical (unpaired) electrons. The van der Waals surface area contributed by atoms with Crippen LogP contribution in [0.2, 0.25) is 10.0 Å². The number of carbonyl (C=O) groups is 1. The molecule has 188 valence electrons. The Hall–Kier alpha value is -2.82. The van der Waals surface area contributed by atoms with Crippen molar-refractivity contribution in [3.63, 3.8) is 0 Å². The van der Waals surface area contributed by atoms with E-state index in [1.807, 2.05) is 13.0 Å².